The summed E-state index contributed by atoms with van der Waals surface area (Å²) < 4.78 is 8.36. The topological polar surface area (TPSA) is 59.4 Å². The summed E-state index contributed by atoms with van der Waals surface area (Å²) in [5, 5.41) is 5.23. The zero-order valence-corrected chi connectivity index (χ0v) is 12.2. The van der Waals surface area contributed by atoms with Gasteiger partial charge in [0.1, 0.15) is 11.8 Å². The lowest BCUT2D eigenvalue weighted by molar-refractivity contribution is 0.108. The molecule has 0 saturated carbocycles. The molecule has 102 valence electrons. The number of rotatable bonds is 1. The van der Waals surface area contributed by atoms with Gasteiger partial charge >= 0.3 is 0 Å². The van der Waals surface area contributed by atoms with Gasteiger partial charge in [0, 0.05) is 17.1 Å². The SMILES string of the molecule is O=c1[nH]c2cc(C3CCCO3)nn2c2cc(Br)ccc12. The van der Waals surface area contributed by atoms with E-state index < -0.39 is 0 Å². The summed E-state index contributed by atoms with van der Waals surface area (Å²) in [6.45, 7) is 0.779. The first-order chi connectivity index (χ1) is 9.72. The minimum absolute atomic E-state index is 0.0422. The number of benzene rings is 1. The Morgan fingerprint density at radius 2 is 2.30 bits per heavy atom. The second kappa shape index (κ2) is 4.43. The maximum absolute atomic E-state index is 12.1. The third-order valence-corrected chi connectivity index (χ3v) is 4.16. The van der Waals surface area contributed by atoms with Crippen LogP contribution in [0.15, 0.2) is 33.5 Å². The van der Waals surface area contributed by atoms with Gasteiger partial charge in [0.15, 0.2) is 0 Å². The fourth-order valence-electron chi connectivity index (χ4n) is 2.70. The minimum atomic E-state index is -0.0983. The predicted molar refractivity (Wildman–Crippen MR) is 78.9 cm³/mol. The third-order valence-electron chi connectivity index (χ3n) is 3.66. The lowest BCUT2D eigenvalue weighted by Gasteiger charge is -2.03. The molecule has 1 atom stereocenters. The first kappa shape index (κ1) is 12.1. The molecule has 0 spiro atoms. The Kier molecular flexibility index (Phi) is 2.68. The molecule has 20 heavy (non-hydrogen) atoms. The number of hydrogen-bond donors (Lipinski definition) is 1. The highest BCUT2D eigenvalue weighted by Crippen LogP contribution is 2.28. The Bertz CT molecular complexity index is 862. The van der Waals surface area contributed by atoms with Crippen molar-refractivity contribution in [3.05, 3.63) is 44.8 Å². The second-order valence-electron chi connectivity index (χ2n) is 4.98. The smallest absolute Gasteiger partial charge is 0.259 e. The maximum atomic E-state index is 12.1. The van der Waals surface area contributed by atoms with Crippen LogP contribution in [0.5, 0.6) is 0 Å². The normalized spacial score (nSPS) is 19.1. The number of nitrogens with one attached hydrogen (secondary N) is 1. The number of hydrogen-bond acceptors (Lipinski definition) is 3. The summed E-state index contributed by atoms with van der Waals surface area (Å²) in [5.74, 6) is 0. The molecule has 2 aromatic heterocycles. The summed E-state index contributed by atoms with van der Waals surface area (Å²) in [7, 11) is 0. The predicted octanol–water partition coefficient (Wildman–Crippen LogP) is 2.79. The molecule has 1 aliphatic rings. The van der Waals surface area contributed by atoms with E-state index in [0.717, 1.165) is 35.1 Å². The number of halogens is 1. The molecule has 1 fully saturated rings. The van der Waals surface area contributed by atoms with Gasteiger partial charge < -0.3 is 9.72 Å². The Balaban J connectivity index is 2.03. The summed E-state index contributed by atoms with van der Waals surface area (Å²) in [4.78, 5) is 15.0. The van der Waals surface area contributed by atoms with Crippen molar-refractivity contribution < 1.29 is 4.74 Å². The van der Waals surface area contributed by atoms with Crippen LogP contribution < -0.4 is 5.56 Å². The highest BCUT2D eigenvalue weighted by atomic mass is 79.9. The number of ether oxygens (including phenoxy) is 1. The van der Waals surface area contributed by atoms with Crippen molar-refractivity contribution in [2.24, 2.45) is 0 Å². The van der Waals surface area contributed by atoms with Crippen LogP contribution in [0, 0.1) is 0 Å². The van der Waals surface area contributed by atoms with E-state index in [4.69, 9.17) is 4.74 Å². The molecule has 1 N–H and O–H groups in total. The molecule has 5 nitrogen and oxygen atoms in total. The van der Waals surface area contributed by atoms with E-state index in [9.17, 15) is 4.79 Å². The Hall–Kier alpha value is -1.66. The van der Waals surface area contributed by atoms with Crippen LogP contribution in [0.25, 0.3) is 16.6 Å². The van der Waals surface area contributed by atoms with Crippen molar-refractivity contribution in [3.8, 4) is 0 Å². The molecular weight excluding hydrogens is 322 g/mol. The summed E-state index contributed by atoms with van der Waals surface area (Å²) in [5.41, 5.74) is 2.28. The average molecular weight is 334 g/mol. The van der Waals surface area contributed by atoms with Gasteiger partial charge in [-0.2, -0.15) is 5.10 Å². The van der Waals surface area contributed by atoms with Crippen molar-refractivity contribution in [1.82, 2.24) is 14.6 Å². The molecule has 3 aromatic rings. The number of aromatic nitrogens is 3. The first-order valence-corrected chi connectivity index (χ1v) is 7.34. The summed E-state index contributed by atoms with van der Waals surface area (Å²) >= 11 is 3.44. The highest BCUT2D eigenvalue weighted by molar-refractivity contribution is 9.10. The lowest BCUT2D eigenvalue weighted by Crippen LogP contribution is -2.09. The largest absolute Gasteiger partial charge is 0.372 e. The molecular formula is C14H12BrN3O2. The molecule has 4 rings (SSSR count). The van der Waals surface area contributed by atoms with Gasteiger partial charge in [-0.25, -0.2) is 4.52 Å². The van der Waals surface area contributed by atoms with Crippen LogP contribution in [-0.2, 0) is 4.74 Å². The first-order valence-electron chi connectivity index (χ1n) is 6.55. The van der Waals surface area contributed by atoms with Crippen LogP contribution in [-0.4, -0.2) is 21.2 Å². The summed E-state index contributed by atoms with van der Waals surface area (Å²) in [6.07, 6.45) is 2.08. The van der Waals surface area contributed by atoms with Crippen molar-refractivity contribution in [1.29, 1.82) is 0 Å². The van der Waals surface area contributed by atoms with Crippen molar-refractivity contribution in [3.63, 3.8) is 0 Å². The van der Waals surface area contributed by atoms with Gasteiger partial charge in [-0.15, -0.1) is 0 Å². The Labute approximate surface area is 122 Å². The molecule has 0 aliphatic carbocycles. The van der Waals surface area contributed by atoms with Gasteiger partial charge in [0.2, 0.25) is 0 Å². The van der Waals surface area contributed by atoms with Crippen LogP contribution >= 0.6 is 15.9 Å². The quantitative estimate of drug-likeness (QED) is 0.744. The fourth-order valence-corrected chi connectivity index (χ4v) is 3.05. The Morgan fingerprint density at radius 1 is 1.40 bits per heavy atom. The third kappa shape index (κ3) is 1.79. The van der Waals surface area contributed by atoms with Crippen molar-refractivity contribution in [2.75, 3.05) is 6.61 Å². The van der Waals surface area contributed by atoms with Crippen LogP contribution in [0.3, 0.4) is 0 Å². The van der Waals surface area contributed by atoms with Crippen LogP contribution in [0.4, 0.5) is 0 Å². The Morgan fingerprint density at radius 3 is 3.10 bits per heavy atom. The van der Waals surface area contributed by atoms with Crippen LogP contribution in [0.2, 0.25) is 0 Å². The molecule has 1 aromatic carbocycles. The zero-order valence-electron chi connectivity index (χ0n) is 10.6. The summed E-state index contributed by atoms with van der Waals surface area (Å²) in [6, 6.07) is 7.46. The van der Waals surface area contributed by atoms with E-state index in [1.807, 2.05) is 18.2 Å². The molecule has 0 amide bonds. The monoisotopic (exact) mass is 333 g/mol. The molecule has 0 radical (unpaired) electrons. The maximum Gasteiger partial charge on any atom is 0.259 e. The number of nitrogens with zero attached hydrogens (tertiary/aromatic N) is 2. The molecule has 1 unspecified atom stereocenters. The van der Waals surface area contributed by atoms with E-state index in [2.05, 4.69) is 26.0 Å². The molecule has 0 bridgehead atoms. The van der Waals surface area contributed by atoms with Gasteiger partial charge in [0.25, 0.3) is 5.56 Å². The molecule has 1 aliphatic heterocycles. The van der Waals surface area contributed by atoms with E-state index in [-0.39, 0.29) is 11.7 Å². The van der Waals surface area contributed by atoms with Gasteiger partial charge in [-0.3, -0.25) is 4.79 Å². The fraction of sp³-hybridized carbons (Fsp3) is 0.286. The molecule has 1 saturated heterocycles. The van der Waals surface area contributed by atoms with Crippen molar-refractivity contribution >= 4 is 32.5 Å². The standard InChI is InChI=1S/C14H12BrN3O2/c15-8-3-4-9-11(6-8)18-13(16-14(9)19)7-10(17-18)12-2-1-5-20-12/h3-4,6-7,12H,1-2,5H2,(H,16,19). The second-order valence-corrected chi connectivity index (χ2v) is 5.90. The van der Waals surface area contributed by atoms with E-state index in [1.165, 1.54) is 0 Å². The van der Waals surface area contributed by atoms with Gasteiger partial charge in [-0.1, -0.05) is 15.9 Å². The number of fused-ring (bicyclic) bond motifs is 3. The number of aromatic amines is 1. The molecule has 3 heterocycles. The zero-order chi connectivity index (χ0) is 13.7. The average Bonchev–Trinajstić information content (AvgIpc) is 3.06. The minimum Gasteiger partial charge on any atom is -0.372 e. The van der Waals surface area contributed by atoms with E-state index in [1.54, 1.807) is 10.6 Å². The van der Waals surface area contributed by atoms with Gasteiger partial charge in [-0.05, 0) is 31.0 Å². The van der Waals surface area contributed by atoms with E-state index >= 15 is 0 Å². The van der Waals surface area contributed by atoms with Gasteiger partial charge in [0.05, 0.1) is 16.6 Å². The van der Waals surface area contributed by atoms with Crippen molar-refractivity contribution in [2.45, 2.75) is 18.9 Å². The highest BCUT2D eigenvalue weighted by Gasteiger charge is 2.21. The van der Waals surface area contributed by atoms with Crippen LogP contribution in [0.1, 0.15) is 24.6 Å². The lowest BCUT2D eigenvalue weighted by atomic mass is 10.2. The van der Waals surface area contributed by atoms with E-state index in [0.29, 0.717) is 11.0 Å². The molecule has 6 heteroatoms. The number of H-pyrrole nitrogens is 1.